The molecule has 3 unspecified atom stereocenters. The molecule has 0 aromatic carbocycles. The number of ketones is 1. The van der Waals surface area contributed by atoms with Crippen molar-refractivity contribution in [1.29, 1.82) is 0 Å². The van der Waals surface area contributed by atoms with Gasteiger partial charge in [-0.15, -0.1) is 5.01 Å². The number of aliphatic hydroxyl groups is 1. The summed E-state index contributed by atoms with van der Waals surface area (Å²) in [5, 5.41) is 33.4. The van der Waals surface area contributed by atoms with Gasteiger partial charge < -0.3 is 22.4 Å². The van der Waals surface area contributed by atoms with Crippen LogP contribution in [-0.4, -0.2) is 66.0 Å². The van der Waals surface area contributed by atoms with Crippen molar-refractivity contribution in [3.8, 4) is 0 Å². The molecule has 0 amide bonds. The molecule has 4 aliphatic rings. The smallest absolute Gasteiger partial charge is 0.249 e. The Morgan fingerprint density at radius 2 is 2.08 bits per heavy atom. The number of quaternary nitrogens is 1. The fraction of sp³-hybridized carbons (Fsp3) is 0.562. The highest BCUT2D eigenvalue weighted by molar-refractivity contribution is 5.92. The average molecular weight is 373 g/mol. The molecule has 1 saturated heterocycles. The molecule has 2 bridgehead atoms. The van der Waals surface area contributed by atoms with Gasteiger partial charge in [0.05, 0.1) is 6.61 Å². The molecule has 3 atom stereocenters. The Hall–Kier alpha value is -1.58. The summed E-state index contributed by atoms with van der Waals surface area (Å²) in [5.41, 5.74) is -1.30. The fourth-order valence-electron chi connectivity index (χ4n) is 3.79. The molecule has 25 heavy (non-hydrogen) atoms. The molecule has 3 N–H and O–H groups in total. The third-order valence-corrected chi connectivity index (χ3v) is 4.86. The van der Waals surface area contributed by atoms with Crippen molar-refractivity contribution in [2.24, 2.45) is 5.92 Å². The van der Waals surface area contributed by atoms with Crippen LogP contribution in [0, 0.1) is 5.92 Å². The van der Waals surface area contributed by atoms with Gasteiger partial charge in [0, 0.05) is 25.1 Å². The number of nitrogens with zero attached hydrogens (tertiary/aromatic N) is 4. The van der Waals surface area contributed by atoms with Crippen LogP contribution in [0.3, 0.4) is 0 Å². The first-order valence-electron chi connectivity index (χ1n) is 8.25. The number of carbonyl (C=O) groups is 1. The summed E-state index contributed by atoms with van der Waals surface area (Å²) in [4.78, 5) is 14.9. The van der Waals surface area contributed by atoms with Crippen LogP contribution in [0.2, 0.25) is 0 Å². The third kappa shape index (κ3) is 2.40. The summed E-state index contributed by atoms with van der Waals surface area (Å²) in [7, 11) is 0. The number of fused-ring (bicyclic) bond motifs is 1. The Bertz CT molecular complexity index is 638. The fourth-order valence-corrected chi connectivity index (χ4v) is 3.79. The molecule has 0 aromatic rings. The number of carbonyl (C=O) groups excluding carboxylic acids is 1. The first-order valence-corrected chi connectivity index (χ1v) is 8.25. The monoisotopic (exact) mass is 372 g/mol. The van der Waals surface area contributed by atoms with E-state index in [2.05, 4.69) is 0 Å². The quantitative estimate of drug-likeness (QED) is 0.463. The van der Waals surface area contributed by atoms with Gasteiger partial charge in [0.25, 0.3) is 0 Å². The number of β-amino-alcohol motifs (C(OH)–C–C–N with tert-alkyl or cyclic N) is 1. The maximum atomic E-state index is 13.2. The Labute approximate surface area is 153 Å². The second kappa shape index (κ2) is 6.62. The van der Waals surface area contributed by atoms with E-state index < -0.39 is 16.6 Å². The summed E-state index contributed by atoms with van der Waals surface area (Å²) in [6, 6.07) is 0. The maximum Gasteiger partial charge on any atom is 0.249 e. The van der Waals surface area contributed by atoms with Gasteiger partial charge in [-0.3, -0.25) is 10.0 Å². The van der Waals surface area contributed by atoms with Crippen molar-refractivity contribution >= 4 is 5.78 Å². The van der Waals surface area contributed by atoms with Crippen LogP contribution in [0.1, 0.15) is 27.2 Å². The van der Waals surface area contributed by atoms with E-state index in [0.29, 0.717) is 12.2 Å². The Kier molecular flexibility index (Phi) is 5.23. The van der Waals surface area contributed by atoms with Gasteiger partial charge in [0.15, 0.2) is 5.78 Å². The summed E-state index contributed by atoms with van der Waals surface area (Å²) in [6.07, 6.45) is 8.40. The number of allylic oxidation sites excluding steroid dienone is 2. The van der Waals surface area contributed by atoms with E-state index in [-0.39, 0.29) is 37.3 Å². The predicted octanol–water partition coefficient (Wildman–Crippen LogP) is -2.03. The Morgan fingerprint density at radius 1 is 1.40 bits per heavy atom. The molecule has 0 spiro atoms. The molecule has 8 nitrogen and oxygen atoms in total. The molecule has 9 heteroatoms. The molecule has 0 radical (unpaired) electrons. The van der Waals surface area contributed by atoms with Gasteiger partial charge in [-0.2, -0.15) is 10.3 Å². The van der Waals surface area contributed by atoms with Gasteiger partial charge in [0.1, 0.15) is 0 Å². The van der Waals surface area contributed by atoms with E-state index >= 15 is 0 Å². The van der Waals surface area contributed by atoms with Crippen LogP contribution in [0.15, 0.2) is 36.4 Å². The molecule has 4 aliphatic heterocycles. The van der Waals surface area contributed by atoms with Gasteiger partial charge in [-0.05, 0) is 16.9 Å². The van der Waals surface area contributed by atoms with Crippen LogP contribution in [-0.2, 0) is 4.79 Å². The van der Waals surface area contributed by atoms with Crippen LogP contribution in [0.5, 0.6) is 0 Å². The van der Waals surface area contributed by atoms with E-state index in [1.165, 1.54) is 11.2 Å². The highest BCUT2D eigenvalue weighted by Crippen LogP contribution is 2.51. The van der Waals surface area contributed by atoms with Crippen LogP contribution in [0.4, 0.5) is 0 Å². The van der Waals surface area contributed by atoms with Crippen molar-refractivity contribution in [3.63, 3.8) is 0 Å². The summed E-state index contributed by atoms with van der Waals surface area (Å²) in [6.45, 7) is 5.55. The minimum Gasteiger partial charge on any atom is -1.00 e. The highest BCUT2D eigenvalue weighted by atomic mass is 35.5. The van der Waals surface area contributed by atoms with E-state index in [1.807, 2.05) is 6.92 Å². The molecule has 4 heterocycles. The van der Waals surface area contributed by atoms with E-state index in [1.54, 1.807) is 43.2 Å². The SMILES string of the molecule is CCC1N(O)C2=C[N+]1(O)N2C1(C(=O)C(C)C)C=CC=CN1CCO.[Cl-]. The second-order valence-electron chi connectivity index (χ2n) is 6.60. The van der Waals surface area contributed by atoms with E-state index in [0.717, 1.165) is 5.06 Å². The van der Waals surface area contributed by atoms with E-state index in [9.17, 15) is 20.3 Å². The van der Waals surface area contributed by atoms with Gasteiger partial charge in [0.2, 0.25) is 23.8 Å². The van der Waals surface area contributed by atoms with Gasteiger partial charge in [-0.25, -0.2) is 0 Å². The lowest BCUT2D eigenvalue weighted by Gasteiger charge is -2.52. The van der Waals surface area contributed by atoms with Gasteiger partial charge >= 0.3 is 0 Å². The molecular formula is C16H25ClN4O4. The van der Waals surface area contributed by atoms with Crippen LogP contribution >= 0.6 is 0 Å². The number of hydrogen-bond acceptors (Lipinski definition) is 7. The Morgan fingerprint density at radius 3 is 2.60 bits per heavy atom. The molecule has 1 fully saturated rings. The normalized spacial score (nSPS) is 32.7. The zero-order chi connectivity index (χ0) is 17.7. The number of hydrogen-bond donors (Lipinski definition) is 3. The molecule has 140 valence electrons. The summed E-state index contributed by atoms with van der Waals surface area (Å²) >= 11 is 0. The lowest BCUT2D eigenvalue weighted by atomic mass is 9.90. The largest absolute Gasteiger partial charge is 1.00 e. The third-order valence-electron chi connectivity index (χ3n) is 4.86. The summed E-state index contributed by atoms with van der Waals surface area (Å²) < 4.78 is -0.652. The minimum atomic E-state index is -1.30. The minimum absolute atomic E-state index is 0. The zero-order valence-corrected chi connectivity index (χ0v) is 15.3. The lowest BCUT2D eigenvalue weighted by molar-refractivity contribution is -1.18. The van der Waals surface area contributed by atoms with Crippen molar-refractivity contribution in [1.82, 2.24) is 15.0 Å². The molecular weight excluding hydrogens is 348 g/mol. The van der Waals surface area contributed by atoms with Crippen molar-refractivity contribution in [3.05, 3.63) is 36.4 Å². The lowest BCUT2D eigenvalue weighted by Crippen LogP contribution is -3.00. The molecule has 4 rings (SSSR count). The second-order valence-corrected chi connectivity index (χ2v) is 6.60. The number of rotatable bonds is 6. The van der Waals surface area contributed by atoms with Crippen LogP contribution < -0.4 is 12.4 Å². The number of Topliss-reactive ketones (excluding diaryl/α,β-unsaturated/α-hetero) is 1. The van der Waals surface area contributed by atoms with E-state index in [4.69, 9.17) is 0 Å². The average Bonchev–Trinajstić information content (AvgIpc) is 2.91. The van der Waals surface area contributed by atoms with Crippen molar-refractivity contribution < 1.29 is 37.5 Å². The number of hydroxylamine groups is 4. The number of halogens is 1. The van der Waals surface area contributed by atoms with Crippen LogP contribution in [0.25, 0.3) is 0 Å². The first kappa shape index (κ1) is 19.7. The summed E-state index contributed by atoms with van der Waals surface area (Å²) in [5.74, 6) is -0.0342. The predicted molar refractivity (Wildman–Crippen MR) is 84.3 cm³/mol. The Balaban J connectivity index is 0.00000225. The standard InChI is InChI=1S/C16H25N4O4.ClH/c1-4-14-18(23)13-11-20(14,24)19(13)16(15(22)12(2)3)7-5-6-8-17(16)9-10-21;/h5-8,11-12,14,21,23-24H,4,9-10H2,1-3H3;1H/q+1;/p-1. The van der Waals surface area contributed by atoms with Gasteiger partial charge in [-0.1, -0.05) is 26.8 Å². The van der Waals surface area contributed by atoms with Crippen molar-refractivity contribution in [2.45, 2.75) is 39.0 Å². The molecule has 0 saturated carbocycles. The van der Waals surface area contributed by atoms with Crippen molar-refractivity contribution in [2.75, 3.05) is 13.2 Å². The maximum absolute atomic E-state index is 13.2. The zero-order valence-electron chi connectivity index (χ0n) is 14.6. The highest BCUT2D eigenvalue weighted by Gasteiger charge is 2.73. The topological polar surface area (TPSA) is 87.5 Å². The first-order chi connectivity index (χ1) is 11.3. The molecule has 0 aliphatic carbocycles. The molecule has 0 aromatic heterocycles. The number of aliphatic hydroxyl groups excluding tert-OH is 1.